The number of hydrogen-bond acceptors (Lipinski definition) is 2. The minimum atomic E-state index is 0.203. The van der Waals surface area contributed by atoms with Crippen LogP contribution < -0.4 is 10.1 Å². The molecule has 2 aromatic carbocycles. The molecule has 0 unspecified atom stereocenters. The van der Waals surface area contributed by atoms with Gasteiger partial charge < -0.3 is 10.1 Å². The second-order valence-electron chi connectivity index (χ2n) is 6.03. The van der Waals surface area contributed by atoms with Crippen LogP contribution in [0.3, 0.4) is 0 Å². The van der Waals surface area contributed by atoms with Crippen molar-refractivity contribution in [3.05, 3.63) is 59.7 Å². The first-order chi connectivity index (χ1) is 9.49. The Kier molecular flexibility index (Phi) is 4.33. The van der Waals surface area contributed by atoms with Gasteiger partial charge in [-0.05, 0) is 40.8 Å². The van der Waals surface area contributed by atoms with Crippen molar-refractivity contribution in [1.82, 2.24) is 0 Å². The number of rotatable bonds is 4. The topological polar surface area (TPSA) is 21.3 Å². The highest BCUT2D eigenvalue weighted by Gasteiger charge is 2.12. The van der Waals surface area contributed by atoms with Gasteiger partial charge in [-0.25, -0.2) is 0 Å². The van der Waals surface area contributed by atoms with Crippen LogP contribution in [0.2, 0.25) is 0 Å². The van der Waals surface area contributed by atoms with Gasteiger partial charge in [0.1, 0.15) is 5.75 Å². The predicted molar refractivity (Wildman–Crippen MR) is 85.5 cm³/mol. The summed E-state index contributed by atoms with van der Waals surface area (Å²) in [5.41, 5.74) is 3.95. The zero-order valence-corrected chi connectivity index (χ0v) is 12.7. The van der Waals surface area contributed by atoms with Crippen LogP contribution in [0, 0.1) is 0 Å². The highest BCUT2D eigenvalue weighted by molar-refractivity contribution is 5.46. The van der Waals surface area contributed by atoms with Gasteiger partial charge >= 0.3 is 0 Å². The van der Waals surface area contributed by atoms with Gasteiger partial charge in [-0.2, -0.15) is 0 Å². The van der Waals surface area contributed by atoms with Gasteiger partial charge in [0.05, 0.1) is 7.11 Å². The summed E-state index contributed by atoms with van der Waals surface area (Å²) in [6.45, 7) is 7.51. The van der Waals surface area contributed by atoms with Gasteiger partial charge in [0.15, 0.2) is 0 Å². The summed E-state index contributed by atoms with van der Waals surface area (Å²) in [5, 5.41) is 3.44. The number of anilines is 1. The highest BCUT2D eigenvalue weighted by atomic mass is 16.5. The van der Waals surface area contributed by atoms with Crippen molar-refractivity contribution in [3.8, 4) is 5.75 Å². The molecule has 0 aromatic heterocycles. The quantitative estimate of drug-likeness (QED) is 0.875. The van der Waals surface area contributed by atoms with Crippen LogP contribution >= 0.6 is 0 Å². The molecule has 0 heterocycles. The van der Waals surface area contributed by atoms with Crippen LogP contribution in [0.15, 0.2) is 48.5 Å². The van der Waals surface area contributed by atoms with E-state index in [2.05, 4.69) is 62.5 Å². The largest absolute Gasteiger partial charge is 0.497 e. The van der Waals surface area contributed by atoms with E-state index >= 15 is 0 Å². The Balaban J connectivity index is 1.96. The highest BCUT2D eigenvalue weighted by Crippen LogP contribution is 2.23. The molecule has 0 amide bonds. The minimum absolute atomic E-state index is 0.203. The Hall–Kier alpha value is -1.96. The summed E-state index contributed by atoms with van der Waals surface area (Å²) < 4.78 is 5.16. The number of ether oxygens (including phenoxy) is 1. The fourth-order valence-corrected chi connectivity index (χ4v) is 2.04. The van der Waals surface area contributed by atoms with Crippen LogP contribution in [0.1, 0.15) is 31.9 Å². The zero-order valence-electron chi connectivity index (χ0n) is 12.7. The molecule has 0 radical (unpaired) electrons. The number of benzene rings is 2. The van der Waals surface area contributed by atoms with Gasteiger partial charge in [-0.1, -0.05) is 45.0 Å². The fourth-order valence-electron chi connectivity index (χ4n) is 2.04. The van der Waals surface area contributed by atoms with Crippen LogP contribution in [0.25, 0.3) is 0 Å². The van der Waals surface area contributed by atoms with Crippen molar-refractivity contribution in [2.24, 2.45) is 0 Å². The molecule has 2 rings (SSSR count). The van der Waals surface area contributed by atoms with Crippen LogP contribution in [-0.4, -0.2) is 7.11 Å². The molecule has 0 fully saturated rings. The number of hydrogen-bond donors (Lipinski definition) is 1. The van der Waals surface area contributed by atoms with E-state index in [0.29, 0.717) is 0 Å². The van der Waals surface area contributed by atoms with Crippen molar-refractivity contribution in [3.63, 3.8) is 0 Å². The Labute approximate surface area is 121 Å². The molecule has 2 aromatic rings. The Morgan fingerprint density at radius 1 is 0.900 bits per heavy atom. The Morgan fingerprint density at radius 2 is 1.50 bits per heavy atom. The third-order valence-electron chi connectivity index (χ3n) is 3.41. The predicted octanol–water partition coefficient (Wildman–Crippen LogP) is 4.60. The average Bonchev–Trinajstić information content (AvgIpc) is 2.45. The first-order valence-electron chi connectivity index (χ1n) is 6.96. The third-order valence-corrected chi connectivity index (χ3v) is 3.41. The molecular weight excluding hydrogens is 246 g/mol. The van der Waals surface area contributed by atoms with Crippen molar-refractivity contribution in [2.75, 3.05) is 12.4 Å². The lowest BCUT2D eigenvalue weighted by Gasteiger charge is -2.19. The molecule has 1 N–H and O–H groups in total. The normalized spacial score (nSPS) is 11.2. The standard InChI is InChI=1S/C18H23NO/c1-18(2,3)15-7-9-16(10-8-15)19-13-14-5-11-17(20-4)12-6-14/h5-12,19H,13H2,1-4H3. The molecular formula is C18H23NO. The van der Waals surface area contributed by atoms with Crippen LogP contribution in [0.5, 0.6) is 5.75 Å². The first kappa shape index (κ1) is 14.4. The van der Waals surface area contributed by atoms with E-state index in [0.717, 1.165) is 18.0 Å². The number of methoxy groups -OCH3 is 1. The summed E-state index contributed by atoms with van der Waals surface area (Å²) in [4.78, 5) is 0. The molecule has 0 aliphatic heterocycles. The SMILES string of the molecule is COc1ccc(CNc2ccc(C(C)(C)C)cc2)cc1. The Bertz CT molecular complexity index is 535. The molecule has 2 nitrogen and oxygen atoms in total. The smallest absolute Gasteiger partial charge is 0.118 e. The van der Waals surface area contributed by atoms with E-state index in [1.165, 1.54) is 11.1 Å². The maximum absolute atomic E-state index is 5.16. The molecule has 0 saturated carbocycles. The lowest BCUT2D eigenvalue weighted by Crippen LogP contribution is -2.10. The summed E-state index contributed by atoms with van der Waals surface area (Å²) >= 11 is 0. The molecule has 2 heteroatoms. The summed E-state index contributed by atoms with van der Waals surface area (Å²) in [6.07, 6.45) is 0. The molecule has 0 atom stereocenters. The summed E-state index contributed by atoms with van der Waals surface area (Å²) in [5.74, 6) is 0.892. The molecule has 0 bridgehead atoms. The average molecular weight is 269 g/mol. The van der Waals surface area contributed by atoms with Crippen molar-refractivity contribution in [2.45, 2.75) is 32.7 Å². The van der Waals surface area contributed by atoms with Gasteiger partial charge in [-0.15, -0.1) is 0 Å². The monoisotopic (exact) mass is 269 g/mol. The van der Waals surface area contributed by atoms with E-state index in [1.807, 2.05) is 12.1 Å². The lowest BCUT2D eigenvalue weighted by atomic mass is 9.87. The van der Waals surface area contributed by atoms with Gasteiger partial charge in [0.25, 0.3) is 0 Å². The van der Waals surface area contributed by atoms with Crippen LogP contribution in [0.4, 0.5) is 5.69 Å². The van der Waals surface area contributed by atoms with E-state index in [9.17, 15) is 0 Å². The molecule has 0 spiro atoms. The summed E-state index contributed by atoms with van der Waals surface area (Å²) in [7, 11) is 1.68. The van der Waals surface area contributed by atoms with Crippen molar-refractivity contribution in [1.29, 1.82) is 0 Å². The summed E-state index contributed by atoms with van der Waals surface area (Å²) in [6, 6.07) is 16.8. The second kappa shape index (κ2) is 6.00. The first-order valence-corrected chi connectivity index (χ1v) is 6.96. The van der Waals surface area contributed by atoms with Crippen molar-refractivity contribution < 1.29 is 4.74 Å². The number of nitrogens with one attached hydrogen (secondary N) is 1. The third kappa shape index (κ3) is 3.77. The van der Waals surface area contributed by atoms with Gasteiger partial charge in [0, 0.05) is 12.2 Å². The maximum Gasteiger partial charge on any atom is 0.118 e. The maximum atomic E-state index is 5.16. The van der Waals surface area contributed by atoms with E-state index < -0.39 is 0 Å². The van der Waals surface area contributed by atoms with Crippen molar-refractivity contribution >= 4 is 5.69 Å². The molecule has 0 saturated heterocycles. The second-order valence-corrected chi connectivity index (χ2v) is 6.03. The fraction of sp³-hybridized carbons (Fsp3) is 0.333. The van der Waals surface area contributed by atoms with Gasteiger partial charge in [-0.3, -0.25) is 0 Å². The van der Waals surface area contributed by atoms with E-state index in [1.54, 1.807) is 7.11 Å². The van der Waals surface area contributed by atoms with Gasteiger partial charge in [0.2, 0.25) is 0 Å². The van der Waals surface area contributed by atoms with Crippen LogP contribution in [-0.2, 0) is 12.0 Å². The molecule has 106 valence electrons. The van der Waals surface area contributed by atoms with E-state index in [-0.39, 0.29) is 5.41 Å². The zero-order chi connectivity index (χ0) is 14.6. The minimum Gasteiger partial charge on any atom is -0.497 e. The molecule has 0 aliphatic rings. The molecule has 20 heavy (non-hydrogen) atoms. The lowest BCUT2D eigenvalue weighted by molar-refractivity contribution is 0.414. The van der Waals surface area contributed by atoms with E-state index in [4.69, 9.17) is 4.74 Å². The Morgan fingerprint density at radius 3 is 2.00 bits per heavy atom. The molecule has 0 aliphatic carbocycles.